The zero-order chi connectivity index (χ0) is 30.8. The van der Waals surface area contributed by atoms with Crippen molar-refractivity contribution in [2.24, 2.45) is 17.7 Å². The van der Waals surface area contributed by atoms with Gasteiger partial charge in [0, 0.05) is 41.6 Å². The summed E-state index contributed by atoms with van der Waals surface area (Å²) in [7, 11) is 0. The standard InChI is InChI=1S/C15H14FNO2S.C14H27N3O.C2H6O/c1-10(18)6-11-7-12(16)9-17-15(11)19-13-4-3-5-14(8-13)20-2;1-10(2)13(17-15)8-9-14(18)16-12-6-4-11(3)5-7-12;1-2-3/h3-5,7-9H,6H2,1-2H3;8,10-12,17H,4-7,9,15H2,1-3H3,(H,16,18);3H,2H2,1H3/b;13-8-;. The van der Waals surface area contributed by atoms with Crippen LogP contribution in [0.3, 0.4) is 0 Å². The van der Waals surface area contributed by atoms with E-state index in [1.165, 1.54) is 25.8 Å². The number of carbonyl (C=O) groups is 2. The molecule has 1 fully saturated rings. The van der Waals surface area contributed by atoms with Crippen molar-refractivity contribution in [1.82, 2.24) is 15.7 Å². The Morgan fingerprint density at radius 2 is 1.90 bits per heavy atom. The molecule has 0 atom stereocenters. The quantitative estimate of drug-likeness (QED) is 0.152. The number of aliphatic hydroxyl groups is 1. The normalized spacial score (nSPS) is 16.5. The first-order chi connectivity index (χ1) is 19.5. The van der Waals surface area contributed by atoms with Gasteiger partial charge in [0.1, 0.15) is 17.3 Å². The van der Waals surface area contributed by atoms with Gasteiger partial charge in [-0.25, -0.2) is 9.37 Å². The predicted molar refractivity (Wildman–Crippen MR) is 164 cm³/mol. The maximum absolute atomic E-state index is 13.2. The highest BCUT2D eigenvalue weighted by atomic mass is 32.2. The Morgan fingerprint density at radius 1 is 1.24 bits per heavy atom. The van der Waals surface area contributed by atoms with Crippen molar-refractivity contribution < 1.29 is 23.8 Å². The molecule has 1 aliphatic rings. The molecule has 1 saturated carbocycles. The molecule has 8 nitrogen and oxygen atoms in total. The number of allylic oxidation sites excluding steroid dienone is 1. The molecular weight excluding hydrogens is 543 g/mol. The van der Waals surface area contributed by atoms with Crippen LogP contribution in [0.15, 0.2) is 53.2 Å². The summed E-state index contributed by atoms with van der Waals surface area (Å²) in [6.45, 7) is 9.75. The number of thioether (sulfide) groups is 1. The zero-order valence-corrected chi connectivity index (χ0v) is 26.0. The van der Waals surface area contributed by atoms with Gasteiger partial charge in [-0.3, -0.25) is 15.4 Å². The average molecular weight is 591 g/mol. The van der Waals surface area contributed by atoms with Crippen molar-refractivity contribution in [3.05, 3.63) is 59.7 Å². The van der Waals surface area contributed by atoms with Crippen LogP contribution in [0.25, 0.3) is 0 Å². The third-order valence-corrected chi connectivity index (χ3v) is 6.99. The van der Waals surface area contributed by atoms with E-state index in [9.17, 15) is 14.0 Å². The van der Waals surface area contributed by atoms with Crippen LogP contribution in [-0.2, 0) is 16.0 Å². The van der Waals surface area contributed by atoms with Gasteiger partial charge >= 0.3 is 0 Å². The second-order valence-electron chi connectivity index (χ2n) is 10.3. The van der Waals surface area contributed by atoms with Crippen molar-refractivity contribution in [2.75, 3.05) is 12.9 Å². The topological polar surface area (TPSA) is 127 Å². The number of nitrogens with zero attached hydrogens (tertiary/aromatic N) is 1. The molecule has 228 valence electrons. The van der Waals surface area contributed by atoms with Crippen molar-refractivity contribution in [3.8, 4) is 11.6 Å². The van der Waals surface area contributed by atoms with Crippen LogP contribution in [-0.4, -0.2) is 40.7 Å². The summed E-state index contributed by atoms with van der Waals surface area (Å²) >= 11 is 1.60. The number of hydrazine groups is 1. The van der Waals surface area contributed by atoms with Crippen LogP contribution in [0.5, 0.6) is 11.6 Å². The first-order valence-electron chi connectivity index (χ1n) is 14.0. The van der Waals surface area contributed by atoms with E-state index in [1.807, 2.05) is 44.4 Å². The van der Waals surface area contributed by atoms with Gasteiger partial charge in [0.2, 0.25) is 11.8 Å². The number of benzene rings is 1. The molecule has 0 bridgehead atoms. The summed E-state index contributed by atoms with van der Waals surface area (Å²) < 4.78 is 18.9. The molecule has 0 unspecified atom stereocenters. The lowest BCUT2D eigenvalue weighted by atomic mass is 9.87. The van der Waals surface area contributed by atoms with Gasteiger partial charge in [-0.1, -0.05) is 32.9 Å². The molecule has 1 aliphatic carbocycles. The molecule has 0 radical (unpaired) electrons. The lowest BCUT2D eigenvalue weighted by Crippen LogP contribution is -2.37. The number of hydrogen-bond donors (Lipinski definition) is 4. The van der Waals surface area contributed by atoms with Crippen LogP contribution >= 0.6 is 11.8 Å². The molecule has 5 N–H and O–H groups in total. The van der Waals surface area contributed by atoms with E-state index in [0.717, 1.165) is 35.5 Å². The van der Waals surface area contributed by atoms with E-state index in [0.29, 0.717) is 29.7 Å². The molecule has 1 aromatic heterocycles. The molecule has 41 heavy (non-hydrogen) atoms. The average Bonchev–Trinajstić information content (AvgIpc) is 2.92. The Kier molecular flexibility index (Phi) is 17.6. The van der Waals surface area contributed by atoms with Crippen LogP contribution in [0.1, 0.15) is 72.3 Å². The number of amides is 1. The second-order valence-corrected chi connectivity index (χ2v) is 11.2. The lowest BCUT2D eigenvalue weighted by molar-refractivity contribution is -0.121. The van der Waals surface area contributed by atoms with Gasteiger partial charge in [0.05, 0.1) is 6.20 Å². The van der Waals surface area contributed by atoms with Crippen LogP contribution < -0.4 is 21.3 Å². The summed E-state index contributed by atoms with van der Waals surface area (Å²) in [5, 5.41) is 10.7. The molecule has 1 amide bonds. The van der Waals surface area contributed by atoms with Crippen molar-refractivity contribution in [2.45, 2.75) is 84.1 Å². The highest BCUT2D eigenvalue weighted by Gasteiger charge is 2.19. The minimum Gasteiger partial charge on any atom is -0.439 e. The number of aliphatic hydroxyl groups excluding tert-OH is 1. The highest BCUT2D eigenvalue weighted by Crippen LogP contribution is 2.27. The summed E-state index contributed by atoms with van der Waals surface area (Å²) in [5.41, 5.74) is 4.02. The van der Waals surface area contributed by atoms with Crippen LogP contribution in [0.4, 0.5) is 4.39 Å². The first kappa shape index (κ1) is 36.1. The third kappa shape index (κ3) is 15.0. The van der Waals surface area contributed by atoms with E-state index >= 15 is 0 Å². The molecule has 1 aromatic carbocycles. The number of ketones is 1. The lowest BCUT2D eigenvalue weighted by Gasteiger charge is -2.26. The summed E-state index contributed by atoms with van der Waals surface area (Å²) in [6, 6.07) is 9.15. The highest BCUT2D eigenvalue weighted by molar-refractivity contribution is 7.98. The number of halogens is 1. The number of nitrogens with two attached hydrogens (primary N) is 1. The minimum absolute atomic E-state index is 0.0693. The number of carbonyl (C=O) groups excluding carboxylic acids is 2. The van der Waals surface area contributed by atoms with Crippen LogP contribution in [0.2, 0.25) is 0 Å². The van der Waals surface area contributed by atoms with E-state index in [1.54, 1.807) is 24.8 Å². The number of ether oxygens (including phenoxy) is 1. The first-order valence-corrected chi connectivity index (χ1v) is 15.3. The van der Waals surface area contributed by atoms with E-state index in [2.05, 4.69) is 22.7 Å². The van der Waals surface area contributed by atoms with Gasteiger partial charge in [-0.15, -0.1) is 11.8 Å². The number of pyridine rings is 1. The van der Waals surface area contributed by atoms with Crippen molar-refractivity contribution >= 4 is 23.5 Å². The Hall–Kier alpha value is -2.95. The van der Waals surface area contributed by atoms with Crippen molar-refractivity contribution in [3.63, 3.8) is 0 Å². The Bertz CT molecular complexity index is 1110. The van der Waals surface area contributed by atoms with Crippen molar-refractivity contribution in [1.29, 1.82) is 0 Å². The molecule has 0 spiro atoms. The third-order valence-electron chi connectivity index (χ3n) is 6.26. The second kappa shape index (κ2) is 20.0. The zero-order valence-electron chi connectivity index (χ0n) is 25.2. The minimum atomic E-state index is -0.480. The number of nitrogens with one attached hydrogen (secondary N) is 2. The van der Waals surface area contributed by atoms with E-state index in [4.69, 9.17) is 15.7 Å². The predicted octanol–water partition coefficient (Wildman–Crippen LogP) is 5.94. The SMILES string of the molecule is CC1CCC(NC(=O)C/C=C(\NN)C(C)C)CC1.CCO.CSc1cccc(Oc2ncc(F)cc2CC(C)=O)c1. The molecule has 0 saturated heterocycles. The van der Waals surface area contributed by atoms with Gasteiger partial charge in [-0.05, 0) is 81.9 Å². The fraction of sp³-hybridized carbons (Fsp3) is 0.516. The molecule has 1 heterocycles. The number of aromatic nitrogens is 1. The fourth-order valence-corrected chi connectivity index (χ4v) is 4.54. The number of rotatable bonds is 10. The van der Waals surface area contributed by atoms with Gasteiger partial charge in [0.15, 0.2) is 0 Å². The Morgan fingerprint density at radius 3 is 2.46 bits per heavy atom. The molecule has 0 aliphatic heterocycles. The monoisotopic (exact) mass is 590 g/mol. The fourth-order valence-electron chi connectivity index (χ4n) is 4.09. The Balaban J connectivity index is 0.000000376. The van der Waals surface area contributed by atoms with Crippen LogP contribution in [0, 0.1) is 17.7 Å². The van der Waals surface area contributed by atoms with E-state index < -0.39 is 5.82 Å². The maximum atomic E-state index is 13.2. The summed E-state index contributed by atoms with van der Waals surface area (Å²) in [4.78, 5) is 28.0. The van der Waals surface area contributed by atoms with E-state index in [-0.39, 0.29) is 30.6 Å². The molecule has 10 heteroatoms. The smallest absolute Gasteiger partial charge is 0.224 e. The molecular formula is C31H47FN4O4S. The largest absolute Gasteiger partial charge is 0.439 e. The summed E-state index contributed by atoms with van der Waals surface area (Å²) in [5.74, 6) is 6.97. The van der Waals surface area contributed by atoms with Gasteiger partial charge < -0.3 is 20.6 Å². The van der Waals surface area contributed by atoms with Gasteiger partial charge in [-0.2, -0.15) is 0 Å². The summed E-state index contributed by atoms with van der Waals surface area (Å²) in [6.07, 6.45) is 10.1. The van der Waals surface area contributed by atoms with Gasteiger partial charge in [0.25, 0.3) is 0 Å². The Labute approximate surface area is 248 Å². The molecule has 2 aromatic rings. The number of hydrogen-bond acceptors (Lipinski definition) is 8. The number of Topliss-reactive ketones (excluding diaryl/α,β-unsaturated/α-hetero) is 1. The maximum Gasteiger partial charge on any atom is 0.224 e. The molecule has 3 rings (SSSR count).